The molecule has 1 aromatic carbocycles. The molecule has 1 aliphatic heterocycles. The van der Waals surface area contributed by atoms with Crippen molar-refractivity contribution in [2.45, 2.75) is 31.8 Å². The summed E-state index contributed by atoms with van der Waals surface area (Å²) in [4.78, 5) is 8.94. The molecule has 0 aliphatic carbocycles. The van der Waals surface area contributed by atoms with Gasteiger partial charge in [0.1, 0.15) is 0 Å². The first kappa shape index (κ1) is 19.1. The molecule has 6 nitrogen and oxygen atoms in total. The van der Waals surface area contributed by atoms with Gasteiger partial charge in [-0.2, -0.15) is 0 Å². The number of nitrogens with one attached hydrogen (secondary N) is 2. The molecule has 1 aliphatic rings. The average molecular weight is 377 g/mol. The van der Waals surface area contributed by atoms with E-state index in [1.807, 2.05) is 6.07 Å². The summed E-state index contributed by atoms with van der Waals surface area (Å²) in [6, 6.07) is 8.30. The van der Waals surface area contributed by atoms with Crippen LogP contribution in [0.3, 0.4) is 0 Å². The molecule has 2 aromatic rings. The summed E-state index contributed by atoms with van der Waals surface area (Å²) in [5, 5.41) is 7.89. The minimum absolute atomic E-state index is 0.287. The van der Waals surface area contributed by atoms with Crippen LogP contribution in [0.15, 0.2) is 29.3 Å². The first-order chi connectivity index (χ1) is 12.8. The molecule has 0 saturated carbocycles. The predicted molar refractivity (Wildman–Crippen MR) is 107 cm³/mol. The van der Waals surface area contributed by atoms with Crippen LogP contribution < -0.4 is 10.6 Å². The van der Waals surface area contributed by atoms with Gasteiger partial charge in [-0.05, 0) is 31.4 Å². The monoisotopic (exact) mass is 376 g/mol. The lowest BCUT2D eigenvalue weighted by Crippen LogP contribution is -2.38. The van der Waals surface area contributed by atoms with E-state index in [1.165, 1.54) is 9.71 Å². The lowest BCUT2D eigenvalue weighted by molar-refractivity contribution is 0.0420. The highest BCUT2D eigenvalue weighted by atomic mass is 32.1. The van der Waals surface area contributed by atoms with Gasteiger partial charge in [0.25, 0.3) is 0 Å². The number of rotatable bonds is 9. The molecule has 1 saturated heterocycles. The average Bonchev–Trinajstić information content (AvgIpc) is 3.32. The summed E-state index contributed by atoms with van der Waals surface area (Å²) in [6.07, 6.45) is 4.29. The number of aromatic nitrogens is 1. The summed E-state index contributed by atoms with van der Waals surface area (Å²) in [5.74, 6) is 0.846. The molecule has 1 aromatic heterocycles. The number of thiazole rings is 1. The van der Waals surface area contributed by atoms with Crippen LogP contribution in [0.2, 0.25) is 0 Å². The van der Waals surface area contributed by atoms with E-state index in [2.05, 4.69) is 38.8 Å². The minimum atomic E-state index is 0.287. The molecule has 0 radical (unpaired) electrons. The van der Waals surface area contributed by atoms with Crippen LogP contribution in [0.4, 0.5) is 0 Å². The largest absolute Gasteiger partial charge is 0.379 e. The van der Waals surface area contributed by atoms with Gasteiger partial charge in [-0.15, -0.1) is 11.3 Å². The Balaban J connectivity index is 1.26. The number of aliphatic imine (C=N–C) groups is 1. The fraction of sp³-hybridized carbons (Fsp3) is 0.579. The Morgan fingerprint density at radius 1 is 1.31 bits per heavy atom. The maximum absolute atomic E-state index is 5.76. The van der Waals surface area contributed by atoms with Crippen LogP contribution in [0.5, 0.6) is 0 Å². The molecule has 3 rings (SSSR count). The highest BCUT2D eigenvalue weighted by molar-refractivity contribution is 7.18. The molecule has 2 N–H and O–H groups in total. The van der Waals surface area contributed by atoms with Crippen molar-refractivity contribution < 1.29 is 9.47 Å². The van der Waals surface area contributed by atoms with E-state index >= 15 is 0 Å². The Morgan fingerprint density at radius 3 is 2.92 bits per heavy atom. The second kappa shape index (κ2) is 10.4. The van der Waals surface area contributed by atoms with E-state index in [1.54, 1.807) is 18.4 Å². The highest BCUT2D eigenvalue weighted by Crippen LogP contribution is 2.22. The third-order valence-corrected chi connectivity index (χ3v) is 5.37. The van der Waals surface area contributed by atoms with Gasteiger partial charge in [0.05, 0.1) is 27.9 Å². The lowest BCUT2D eigenvalue weighted by atomic mass is 10.3. The number of hydrogen-bond acceptors (Lipinski definition) is 5. The van der Waals surface area contributed by atoms with Crippen molar-refractivity contribution in [2.24, 2.45) is 4.99 Å². The summed E-state index contributed by atoms with van der Waals surface area (Å²) >= 11 is 1.78. The number of nitrogens with zero attached hydrogens (tertiary/aromatic N) is 2. The van der Waals surface area contributed by atoms with E-state index in [0.717, 1.165) is 70.1 Å². The van der Waals surface area contributed by atoms with Gasteiger partial charge in [0.2, 0.25) is 0 Å². The fourth-order valence-corrected chi connectivity index (χ4v) is 3.88. The minimum Gasteiger partial charge on any atom is -0.379 e. The smallest absolute Gasteiger partial charge is 0.190 e. The quantitative estimate of drug-likeness (QED) is 0.400. The standard InChI is InChI=1S/C19H28N4O2S/c1-20-19(22-11-5-12-25-15-9-13-24-14-15)21-10-4-8-18-23-16-6-2-3-7-17(16)26-18/h2-3,6-7,15H,4-5,8-14H2,1H3,(H2,20,21,22). The van der Waals surface area contributed by atoms with E-state index in [-0.39, 0.29) is 6.10 Å². The maximum Gasteiger partial charge on any atom is 0.190 e. The number of guanidine groups is 1. The Morgan fingerprint density at radius 2 is 2.15 bits per heavy atom. The molecule has 2 heterocycles. The van der Waals surface area contributed by atoms with Gasteiger partial charge < -0.3 is 20.1 Å². The number of fused-ring (bicyclic) bond motifs is 1. The highest BCUT2D eigenvalue weighted by Gasteiger charge is 2.15. The second-order valence-electron chi connectivity index (χ2n) is 6.31. The van der Waals surface area contributed by atoms with Crippen LogP contribution in [-0.2, 0) is 15.9 Å². The Labute approximate surface area is 159 Å². The molecule has 0 bridgehead atoms. The molecule has 1 atom stereocenters. The number of aryl methyl sites for hydroxylation is 1. The van der Waals surface area contributed by atoms with E-state index in [9.17, 15) is 0 Å². The van der Waals surface area contributed by atoms with E-state index in [0.29, 0.717) is 0 Å². The first-order valence-electron chi connectivity index (χ1n) is 9.33. The normalized spacial score (nSPS) is 17.7. The topological polar surface area (TPSA) is 67.8 Å². The lowest BCUT2D eigenvalue weighted by Gasteiger charge is -2.13. The van der Waals surface area contributed by atoms with Gasteiger partial charge in [0, 0.05) is 39.8 Å². The SMILES string of the molecule is CN=C(NCCCOC1CCOC1)NCCCc1nc2ccccc2s1. The molecular weight excluding hydrogens is 348 g/mol. The third kappa shape index (κ3) is 5.93. The molecule has 1 fully saturated rings. The van der Waals surface area contributed by atoms with Crippen LogP contribution in [0, 0.1) is 0 Å². The van der Waals surface area contributed by atoms with Crippen LogP contribution in [0.1, 0.15) is 24.3 Å². The van der Waals surface area contributed by atoms with Crippen molar-refractivity contribution >= 4 is 27.5 Å². The van der Waals surface area contributed by atoms with Crippen LogP contribution >= 0.6 is 11.3 Å². The molecule has 26 heavy (non-hydrogen) atoms. The van der Waals surface area contributed by atoms with Crippen LogP contribution in [0.25, 0.3) is 10.2 Å². The van der Waals surface area contributed by atoms with Crippen molar-refractivity contribution in [3.05, 3.63) is 29.3 Å². The van der Waals surface area contributed by atoms with Gasteiger partial charge >= 0.3 is 0 Å². The first-order valence-corrected chi connectivity index (χ1v) is 10.1. The summed E-state index contributed by atoms with van der Waals surface area (Å²) in [5.41, 5.74) is 1.10. The molecular formula is C19H28N4O2S. The number of ether oxygens (including phenoxy) is 2. The molecule has 1 unspecified atom stereocenters. The zero-order valence-corrected chi connectivity index (χ0v) is 16.2. The Hall–Kier alpha value is -1.70. The zero-order chi connectivity index (χ0) is 18.0. The van der Waals surface area contributed by atoms with Crippen LogP contribution in [-0.4, -0.2) is 57.0 Å². The fourth-order valence-electron chi connectivity index (χ4n) is 2.87. The summed E-state index contributed by atoms with van der Waals surface area (Å²) in [6.45, 7) is 4.06. The molecule has 0 spiro atoms. The number of para-hydroxylation sites is 1. The third-order valence-electron chi connectivity index (χ3n) is 4.28. The van der Waals surface area contributed by atoms with Gasteiger partial charge in [0.15, 0.2) is 5.96 Å². The van der Waals surface area contributed by atoms with Crippen molar-refractivity contribution in [1.82, 2.24) is 15.6 Å². The molecule has 142 valence electrons. The van der Waals surface area contributed by atoms with Crippen molar-refractivity contribution in [2.75, 3.05) is 40.0 Å². The van der Waals surface area contributed by atoms with Gasteiger partial charge in [-0.3, -0.25) is 4.99 Å². The number of benzene rings is 1. The van der Waals surface area contributed by atoms with E-state index < -0.39 is 0 Å². The predicted octanol–water partition coefficient (Wildman–Crippen LogP) is 2.59. The summed E-state index contributed by atoms with van der Waals surface area (Å²) in [7, 11) is 1.80. The Kier molecular flexibility index (Phi) is 7.66. The molecule has 0 amide bonds. The molecule has 7 heteroatoms. The van der Waals surface area contributed by atoms with Crippen molar-refractivity contribution in [3.8, 4) is 0 Å². The summed E-state index contributed by atoms with van der Waals surface area (Å²) < 4.78 is 12.3. The van der Waals surface area contributed by atoms with E-state index in [4.69, 9.17) is 9.47 Å². The Bertz CT molecular complexity index is 665. The van der Waals surface area contributed by atoms with Crippen molar-refractivity contribution in [1.29, 1.82) is 0 Å². The maximum atomic E-state index is 5.76. The van der Waals surface area contributed by atoms with Gasteiger partial charge in [-0.1, -0.05) is 12.1 Å². The number of hydrogen-bond donors (Lipinski definition) is 2. The zero-order valence-electron chi connectivity index (χ0n) is 15.4. The van der Waals surface area contributed by atoms with Gasteiger partial charge in [-0.25, -0.2) is 4.98 Å². The van der Waals surface area contributed by atoms with Crippen molar-refractivity contribution in [3.63, 3.8) is 0 Å². The second-order valence-corrected chi connectivity index (χ2v) is 7.43.